The monoisotopic (exact) mass is 522 g/mol. The van der Waals surface area contributed by atoms with Crippen molar-refractivity contribution in [2.24, 2.45) is 0 Å². The van der Waals surface area contributed by atoms with Crippen LogP contribution < -0.4 is 0 Å². The molecule has 5 rings (SSSR count). The Bertz CT molecular complexity index is 1320. The Morgan fingerprint density at radius 2 is 1.76 bits per heavy atom. The topological polar surface area (TPSA) is 87.0 Å². The first-order chi connectivity index (χ1) is 17.9. The molecule has 3 heterocycles. The highest BCUT2D eigenvalue weighted by atomic mass is 32.1. The molecule has 1 atom stereocenters. The molecule has 192 valence electrons. The minimum Gasteiger partial charge on any atom is -0.339 e. The Morgan fingerprint density at radius 3 is 2.51 bits per heavy atom. The molecule has 2 aliphatic rings. The molecule has 3 aromatic rings. The van der Waals surface area contributed by atoms with Gasteiger partial charge in [0.2, 0.25) is 5.91 Å². The fourth-order valence-corrected chi connectivity index (χ4v) is 6.07. The van der Waals surface area contributed by atoms with E-state index in [9.17, 15) is 24.1 Å². The average molecular weight is 523 g/mol. The van der Waals surface area contributed by atoms with Crippen LogP contribution in [0.25, 0.3) is 0 Å². The fourth-order valence-electron chi connectivity index (χ4n) is 5.17. The molecule has 1 unspecified atom stereocenters. The molecule has 37 heavy (non-hydrogen) atoms. The van der Waals surface area contributed by atoms with Gasteiger partial charge in [0.05, 0.1) is 11.0 Å². The highest BCUT2D eigenvalue weighted by Crippen LogP contribution is 2.38. The second kappa shape index (κ2) is 10.8. The van der Waals surface area contributed by atoms with E-state index in [4.69, 9.17) is 0 Å². The molecule has 8 nitrogen and oxygen atoms in total. The summed E-state index contributed by atoms with van der Waals surface area (Å²) in [6.45, 7) is 2.95. The molecule has 0 spiro atoms. The lowest BCUT2D eigenvalue weighted by Gasteiger charge is -2.38. The van der Waals surface area contributed by atoms with E-state index in [2.05, 4.69) is 16.3 Å². The van der Waals surface area contributed by atoms with Crippen LogP contribution in [0.4, 0.5) is 10.1 Å². The molecule has 0 saturated carbocycles. The smallest absolute Gasteiger partial charge is 0.270 e. The summed E-state index contributed by atoms with van der Waals surface area (Å²) in [7, 11) is 0. The van der Waals surface area contributed by atoms with Gasteiger partial charge in [-0.3, -0.25) is 24.6 Å². The van der Waals surface area contributed by atoms with Crippen molar-refractivity contribution < 1.29 is 18.9 Å². The number of nitrogens with zero attached hydrogens (tertiary/aromatic N) is 4. The maximum Gasteiger partial charge on any atom is 0.270 e. The van der Waals surface area contributed by atoms with Gasteiger partial charge in [-0.25, -0.2) is 4.39 Å². The van der Waals surface area contributed by atoms with E-state index >= 15 is 0 Å². The van der Waals surface area contributed by atoms with Crippen molar-refractivity contribution in [3.05, 3.63) is 97.5 Å². The van der Waals surface area contributed by atoms with Gasteiger partial charge in [-0.2, -0.15) is 0 Å². The number of non-ortho nitro benzene ring substituents is 1. The Hall–Kier alpha value is -3.63. The summed E-state index contributed by atoms with van der Waals surface area (Å²) in [6.07, 6.45) is 1.25. The van der Waals surface area contributed by atoms with Crippen molar-refractivity contribution in [2.75, 3.05) is 39.3 Å². The van der Waals surface area contributed by atoms with Crippen molar-refractivity contribution in [3.8, 4) is 0 Å². The third-order valence-corrected chi connectivity index (χ3v) is 8.06. The second-order valence-electron chi connectivity index (χ2n) is 9.27. The first kappa shape index (κ1) is 25.0. The van der Waals surface area contributed by atoms with Gasteiger partial charge in [0.1, 0.15) is 5.82 Å². The van der Waals surface area contributed by atoms with E-state index in [1.807, 2.05) is 6.07 Å². The highest BCUT2D eigenvalue weighted by Gasteiger charge is 2.31. The van der Waals surface area contributed by atoms with Crippen molar-refractivity contribution in [1.29, 1.82) is 0 Å². The Labute approximate surface area is 218 Å². The minimum atomic E-state index is -0.520. The van der Waals surface area contributed by atoms with Crippen LogP contribution in [0, 0.1) is 15.9 Å². The van der Waals surface area contributed by atoms with Crippen LogP contribution in [-0.4, -0.2) is 70.7 Å². The summed E-state index contributed by atoms with van der Waals surface area (Å²) in [5.41, 5.74) is 2.22. The number of nitro groups is 1. The van der Waals surface area contributed by atoms with Gasteiger partial charge < -0.3 is 9.80 Å². The molecular weight excluding hydrogens is 495 g/mol. The Kier molecular flexibility index (Phi) is 7.29. The summed E-state index contributed by atoms with van der Waals surface area (Å²) >= 11 is 1.72. The number of piperazine rings is 1. The van der Waals surface area contributed by atoms with Gasteiger partial charge >= 0.3 is 0 Å². The predicted molar refractivity (Wildman–Crippen MR) is 138 cm³/mol. The third-order valence-electron chi connectivity index (χ3n) is 7.07. The molecule has 0 N–H and O–H groups in total. The van der Waals surface area contributed by atoms with E-state index in [1.54, 1.807) is 39.3 Å². The molecule has 2 aliphatic heterocycles. The first-order valence-electron chi connectivity index (χ1n) is 12.3. The van der Waals surface area contributed by atoms with Gasteiger partial charge in [0.25, 0.3) is 11.6 Å². The third kappa shape index (κ3) is 5.40. The molecular formula is C27H27FN4O4S. The number of hydrogen-bond donors (Lipinski definition) is 0. The van der Waals surface area contributed by atoms with Crippen LogP contribution in [0.15, 0.2) is 60.0 Å². The number of hydrogen-bond acceptors (Lipinski definition) is 6. The number of benzene rings is 2. The van der Waals surface area contributed by atoms with Crippen LogP contribution in [0.5, 0.6) is 0 Å². The van der Waals surface area contributed by atoms with Crippen molar-refractivity contribution in [3.63, 3.8) is 0 Å². The minimum absolute atomic E-state index is 0.0246. The fraction of sp³-hybridized carbons (Fsp3) is 0.333. The molecule has 1 fully saturated rings. The second-order valence-corrected chi connectivity index (χ2v) is 10.3. The number of fused-ring (bicyclic) bond motifs is 1. The van der Waals surface area contributed by atoms with Gasteiger partial charge in [-0.15, -0.1) is 11.3 Å². The zero-order valence-electron chi connectivity index (χ0n) is 20.2. The lowest BCUT2D eigenvalue weighted by atomic mass is 9.93. The van der Waals surface area contributed by atoms with E-state index in [0.717, 1.165) is 18.5 Å². The van der Waals surface area contributed by atoms with Crippen molar-refractivity contribution >= 4 is 28.8 Å². The molecule has 2 aromatic carbocycles. The normalized spacial score (nSPS) is 17.9. The zero-order chi connectivity index (χ0) is 25.9. The van der Waals surface area contributed by atoms with Gasteiger partial charge in [0.15, 0.2) is 0 Å². The predicted octanol–water partition coefficient (Wildman–Crippen LogP) is 4.12. The van der Waals surface area contributed by atoms with Crippen LogP contribution in [0.2, 0.25) is 0 Å². The van der Waals surface area contributed by atoms with Crippen molar-refractivity contribution in [1.82, 2.24) is 14.7 Å². The first-order valence-corrected chi connectivity index (χ1v) is 13.2. The maximum absolute atomic E-state index is 14.0. The van der Waals surface area contributed by atoms with E-state index in [1.165, 1.54) is 34.7 Å². The summed E-state index contributed by atoms with van der Waals surface area (Å²) in [6, 6.07) is 14.4. The van der Waals surface area contributed by atoms with Gasteiger partial charge in [-0.1, -0.05) is 18.2 Å². The molecule has 0 aliphatic carbocycles. The summed E-state index contributed by atoms with van der Waals surface area (Å²) in [5.74, 6) is -0.515. The number of halogens is 1. The van der Waals surface area contributed by atoms with Crippen LogP contribution in [0.1, 0.15) is 38.8 Å². The number of amides is 2. The van der Waals surface area contributed by atoms with Gasteiger partial charge in [0, 0.05) is 68.3 Å². The molecule has 10 heteroatoms. The Morgan fingerprint density at radius 1 is 1.00 bits per heavy atom. The lowest BCUT2D eigenvalue weighted by molar-refractivity contribution is -0.384. The van der Waals surface area contributed by atoms with Crippen LogP contribution in [-0.2, 0) is 11.2 Å². The van der Waals surface area contributed by atoms with E-state index < -0.39 is 4.92 Å². The van der Waals surface area contributed by atoms with Gasteiger partial charge in [-0.05, 0) is 47.2 Å². The standard InChI is InChI=1S/C27H27FN4O4S/c28-21-5-1-3-19(17-21)26-23-9-16-37-24(23)7-10-30(26)11-8-25(33)29-12-14-31(15-13-29)27(34)20-4-2-6-22(18-20)32(35)36/h1-6,9,16-18,26H,7-8,10-15H2. The lowest BCUT2D eigenvalue weighted by Crippen LogP contribution is -2.51. The molecule has 2 amide bonds. The van der Waals surface area contributed by atoms with Crippen molar-refractivity contribution in [2.45, 2.75) is 18.9 Å². The van der Waals surface area contributed by atoms with Crippen LogP contribution in [0.3, 0.4) is 0 Å². The van der Waals surface area contributed by atoms with Crippen LogP contribution >= 0.6 is 11.3 Å². The molecule has 1 saturated heterocycles. The maximum atomic E-state index is 14.0. The summed E-state index contributed by atoms with van der Waals surface area (Å²) < 4.78 is 14.0. The molecule has 0 radical (unpaired) electrons. The summed E-state index contributed by atoms with van der Waals surface area (Å²) in [5, 5.41) is 13.1. The number of thiophene rings is 1. The number of nitro benzene ring substituents is 1. The summed E-state index contributed by atoms with van der Waals surface area (Å²) in [4.78, 5) is 43.4. The molecule has 0 bridgehead atoms. The SMILES string of the molecule is O=C(CCN1CCc2sccc2C1c1cccc(F)c1)N1CCN(C(=O)c2cccc([N+](=O)[O-])c2)CC1. The van der Waals surface area contributed by atoms with E-state index in [-0.39, 0.29) is 34.9 Å². The largest absolute Gasteiger partial charge is 0.339 e. The molecule has 1 aromatic heterocycles. The number of carbonyl (C=O) groups excluding carboxylic acids is 2. The Balaban J connectivity index is 1.19. The highest BCUT2D eigenvalue weighted by molar-refractivity contribution is 7.10. The quantitative estimate of drug-likeness (QED) is 0.359. The van der Waals surface area contributed by atoms with E-state index in [0.29, 0.717) is 39.1 Å². The number of carbonyl (C=O) groups is 2. The average Bonchev–Trinajstić information content (AvgIpc) is 3.40. The zero-order valence-corrected chi connectivity index (χ0v) is 21.0. The number of rotatable bonds is 6.